The molecule has 3 heterocycles. The number of furan rings is 1. The van der Waals surface area contributed by atoms with Gasteiger partial charge in [-0.3, -0.25) is 14.9 Å². The van der Waals surface area contributed by atoms with Gasteiger partial charge in [0.05, 0.1) is 24.9 Å². The van der Waals surface area contributed by atoms with E-state index < -0.39 is 0 Å². The number of amides is 2. The van der Waals surface area contributed by atoms with Crippen molar-refractivity contribution >= 4 is 11.8 Å². The Morgan fingerprint density at radius 1 is 1.32 bits per heavy atom. The van der Waals surface area contributed by atoms with Gasteiger partial charge in [0.2, 0.25) is 0 Å². The van der Waals surface area contributed by atoms with Crippen molar-refractivity contribution in [1.29, 1.82) is 0 Å². The molecule has 2 N–H and O–H groups in total. The molecule has 8 heteroatoms. The number of morpholine rings is 1. The predicted molar refractivity (Wildman–Crippen MR) is 93.5 cm³/mol. The number of aryl methyl sites for hydroxylation is 3. The summed E-state index contributed by atoms with van der Waals surface area (Å²) >= 11 is 0. The predicted octanol–water partition coefficient (Wildman–Crippen LogP) is 1.82. The Morgan fingerprint density at radius 3 is 2.68 bits per heavy atom. The highest BCUT2D eigenvalue weighted by Crippen LogP contribution is 2.23. The molecule has 1 atom stereocenters. The van der Waals surface area contributed by atoms with Crippen molar-refractivity contribution in [3.63, 3.8) is 0 Å². The Balaban J connectivity index is 1.63. The molecule has 0 aliphatic carbocycles. The van der Waals surface area contributed by atoms with E-state index in [1.54, 1.807) is 11.7 Å². The van der Waals surface area contributed by atoms with Crippen LogP contribution in [-0.2, 0) is 11.8 Å². The first-order valence-corrected chi connectivity index (χ1v) is 8.46. The van der Waals surface area contributed by atoms with E-state index in [2.05, 4.69) is 20.6 Å². The minimum Gasteiger partial charge on any atom is -0.465 e. The molecule has 0 aromatic carbocycles. The van der Waals surface area contributed by atoms with E-state index in [-0.39, 0.29) is 12.1 Å². The fraction of sp³-hybridized carbons (Fsp3) is 0.529. The van der Waals surface area contributed by atoms with E-state index >= 15 is 0 Å². The molecule has 2 aromatic heterocycles. The van der Waals surface area contributed by atoms with Gasteiger partial charge in [0.25, 0.3) is 0 Å². The quantitative estimate of drug-likeness (QED) is 0.862. The van der Waals surface area contributed by atoms with Crippen molar-refractivity contribution in [2.75, 3.05) is 38.2 Å². The maximum atomic E-state index is 12.3. The second kappa shape index (κ2) is 7.71. The molecule has 1 unspecified atom stereocenters. The number of hydrogen-bond donors (Lipinski definition) is 2. The van der Waals surface area contributed by atoms with Gasteiger partial charge in [-0.25, -0.2) is 4.79 Å². The molecule has 3 rings (SSSR count). The van der Waals surface area contributed by atoms with Gasteiger partial charge >= 0.3 is 6.03 Å². The molecule has 25 heavy (non-hydrogen) atoms. The van der Waals surface area contributed by atoms with Crippen LogP contribution in [0, 0.1) is 13.8 Å². The molecular formula is C17H25N5O3. The van der Waals surface area contributed by atoms with Crippen LogP contribution in [-0.4, -0.2) is 53.6 Å². The van der Waals surface area contributed by atoms with E-state index in [0.717, 1.165) is 30.3 Å². The topological polar surface area (TPSA) is 84.6 Å². The molecule has 1 aliphatic rings. The highest BCUT2D eigenvalue weighted by atomic mass is 16.5. The van der Waals surface area contributed by atoms with Crippen molar-refractivity contribution in [2.24, 2.45) is 7.05 Å². The Kier molecular flexibility index (Phi) is 5.40. The summed E-state index contributed by atoms with van der Waals surface area (Å²) in [5.74, 6) is 2.38. The summed E-state index contributed by atoms with van der Waals surface area (Å²) in [6.45, 7) is 7.27. The molecule has 0 bridgehead atoms. The third kappa shape index (κ3) is 4.40. The highest BCUT2D eigenvalue weighted by Gasteiger charge is 2.25. The van der Waals surface area contributed by atoms with E-state index in [1.807, 2.05) is 32.0 Å². The van der Waals surface area contributed by atoms with Gasteiger partial charge in [-0.2, -0.15) is 5.10 Å². The minimum absolute atomic E-state index is 0.0170. The summed E-state index contributed by atoms with van der Waals surface area (Å²) in [7, 11) is 1.80. The first-order valence-electron chi connectivity index (χ1n) is 8.46. The molecule has 1 fully saturated rings. The Labute approximate surface area is 147 Å². The maximum absolute atomic E-state index is 12.3. The minimum atomic E-state index is -0.260. The summed E-state index contributed by atoms with van der Waals surface area (Å²) < 4.78 is 12.9. The number of rotatable bonds is 5. The van der Waals surface area contributed by atoms with E-state index in [1.165, 1.54) is 0 Å². The Morgan fingerprint density at radius 2 is 2.08 bits per heavy atom. The maximum Gasteiger partial charge on any atom is 0.320 e. The van der Waals surface area contributed by atoms with Crippen molar-refractivity contribution in [3.8, 4) is 0 Å². The molecule has 0 saturated carbocycles. The lowest BCUT2D eigenvalue weighted by atomic mass is 10.1. The second-order valence-corrected chi connectivity index (χ2v) is 6.24. The van der Waals surface area contributed by atoms with Crippen molar-refractivity contribution in [2.45, 2.75) is 19.9 Å². The summed E-state index contributed by atoms with van der Waals surface area (Å²) in [5.41, 5.74) is 0.857. The fourth-order valence-electron chi connectivity index (χ4n) is 3.01. The van der Waals surface area contributed by atoms with Crippen LogP contribution < -0.4 is 10.6 Å². The molecule has 1 saturated heterocycles. The lowest BCUT2D eigenvalue weighted by molar-refractivity contribution is 0.0122. The van der Waals surface area contributed by atoms with Gasteiger partial charge in [-0.15, -0.1) is 0 Å². The summed E-state index contributed by atoms with van der Waals surface area (Å²) in [6.07, 6.45) is 0. The van der Waals surface area contributed by atoms with Crippen molar-refractivity contribution < 1.29 is 13.9 Å². The van der Waals surface area contributed by atoms with Gasteiger partial charge < -0.3 is 14.5 Å². The summed E-state index contributed by atoms with van der Waals surface area (Å²) in [5, 5.41) is 9.98. The normalized spacial score (nSPS) is 16.6. The van der Waals surface area contributed by atoms with Gasteiger partial charge in [0.15, 0.2) is 0 Å². The second-order valence-electron chi connectivity index (χ2n) is 6.24. The molecular weight excluding hydrogens is 322 g/mol. The molecule has 0 spiro atoms. The lowest BCUT2D eigenvalue weighted by Gasteiger charge is -2.33. The van der Waals surface area contributed by atoms with Crippen molar-refractivity contribution in [3.05, 3.63) is 35.4 Å². The van der Waals surface area contributed by atoms with Crippen LogP contribution in [0.25, 0.3) is 0 Å². The van der Waals surface area contributed by atoms with Gasteiger partial charge in [0.1, 0.15) is 17.3 Å². The zero-order chi connectivity index (χ0) is 17.8. The Bertz CT molecular complexity index is 718. The molecule has 0 radical (unpaired) electrons. The van der Waals surface area contributed by atoms with Crippen LogP contribution in [0.4, 0.5) is 10.6 Å². The first-order chi connectivity index (χ1) is 12.0. The Hall–Kier alpha value is -2.32. The number of urea groups is 1. The van der Waals surface area contributed by atoms with Gasteiger partial charge in [-0.05, 0) is 26.0 Å². The third-order valence-corrected chi connectivity index (χ3v) is 4.28. The smallest absolute Gasteiger partial charge is 0.320 e. The van der Waals surface area contributed by atoms with Crippen LogP contribution in [0.1, 0.15) is 23.3 Å². The number of aromatic nitrogens is 2. The van der Waals surface area contributed by atoms with E-state index in [4.69, 9.17) is 9.15 Å². The lowest BCUT2D eigenvalue weighted by Crippen LogP contribution is -2.44. The van der Waals surface area contributed by atoms with Crippen LogP contribution in [0.15, 0.2) is 22.6 Å². The van der Waals surface area contributed by atoms with E-state index in [9.17, 15) is 4.79 Å². The average molecular weight is 347 g/mol. The molecule has 2 aromatic rings. The number of hydrogen-bond acceptors (Lipinski definition) is 5. The van der Waals surface area contributed by atoms with Crippen LogP contribution in [0.3, 0.4) is 0 Å². The zero-order valence-electron chi connectivity index (χ0n) is 14.9. The highest BCUT2D eigenvalue weighted by molar-refractivity contribution is 5.88. The third-order valence-electron chi connectivity index (χ3n) is 4.28. The zero-order valence-corrected chi connectivity index (χ0v) is 14.9. The number of carbonyl (C=O) groups is 1. The molecule has 2 amide bonds. The van der Waals surface area contributed by atoms with E-state index in [0.29, 0.717) is 25.6 Å². The average Bonchev–Trinajstić information content (AvgIpc) is 3.14. The van der Waals surface area contributed by atoms with Gasteiger partial charge in [-0.1, -0.05) is 0 Å². The van der Waals surface area contributed by atoms with Crippen molar-refractivity contribution in [1.82, 2.24) is 20.0 Å². The summed E-state index contributed by atoms with van der Waals surface area (Å²) in [4.78, 5) is 14.5. The molecule has 136 valence electrons. The number of carbonyl (C=O) groups excluding carboxylic acids is 1. The first kappa shape index (κ1) is 17.5. The standard InChI is InChI=1S/C17H25N5O3/c1-12-10-16(21(3)20-12)19-17(23)18-11-14(15-5-4-13(2)25-15)22-6-8-24-9-7-22/h4-5,10,14H,6-9,11H2,1-3H3,(H2,18,19,23). The SMILES string of the molecule is Cc1cc(NC(=O)NCC(c2ccc(C)o2)N2CCOCC2)n(C)n1. The number of ether oxygens (including phenoxy) is 1. The monoisotopic (exact) mass is 347 g/mol. The largest absolute Gasteiger partial charge is 0.465 e. The number of nitrogens with zero attached hydrogens (tertiary/aromatic N) is 3. The van der Waals surface area contributed by atoms with Gasteiger partial charge in [0, 0.05) is 32.7 Å². The van der Waals surface area contributed by atoms with Crippen LogP contribution in [0.5, 0.6) is 0 Å². The van der Waals surface area contributed by atoms with Crippen LogP contribution in [0.2, 0.25) is 0 Å². The van der Waals surface area contributed by atoms with Crippen LogP contribution >= 0.6 is 0 Å². The molecule has 1 aliphatic heterocycles. The number of nitrogens with one attached hydrogen (secondary N) is 2. The number of anilines is 1. The fourth-order valence-corrected chi connectivity index (χ4v) is 3.01. The summed E-state index contributed by atoms with van der Waals surface area (Å²) in [6, 6.07) is 5.47. The molecule has 8 nitrogen and oxygen atoms in total.